The molecule has 0 aromatic heterocycles. The molecular weight excluding hydrogens is 320 g/mol. The Bertz CT molecular complexity index is 556. The number of benzene rings is 1. The monoisotopic (exact) mass is 348 g/mol. The summed E-state index contributed by atoms with van der Waals surface area (Å²) in [6, 6.07) is 7.95. The van der Waals surface area contributed by atoms with Crippen molar-refractivity contribution >= 4 is 0 Å². The van der Waals surface area contributed by atoms with Gasteiger partial charge in [0.05, 0.1) is 32.2 Å². The average Bonchev–Trinajstić information content (AvgIpc) is 2.63. The maximum absolute atomic E-state index is 6.08. The Balaban J connectivity index is 1.44. The van der Waals surface area contributed by atoms with E-state index in [1.165, 1.54) is 0 Å². The third-order valence-corrected chi connectivity index (χ3v) is 4.81. The molecule has 1 fully saturated rings. The molecule has 0 radical (unpaired) electrons. The maximum atomic E-state index is 6.08. The van der Waals surface area contributed by atoms with E-state index in [-0.39, 0.29) is 30.7 Å². The summed E-state index contributed by atoms with van der Waals surface area (Å²) in [7, 11) is 1.67. The lowest BCUT2D eigenvalue weighted by Crippen LogP contribution is -2.43. The SMILES string of the molecule is COc1ccc(CO[C@H]2CC[C@H](O[C@H]3CC=CO[C@H]3C)O[C@H]2C)cc1. The van der Waals surface area contributed by atoms with Gasteiger partial charge >= 0.3 is 0 Å². The summed E-state index contributed by atoms with van der Waals surface area (Å²) in [5.41, 5.74) is 1.13. The first-order chi connectivity index (χ1) is 12.2. The first kappa shape index (κ1) is 18.2. The molecule has 2 aliphatic rings. The second kappa shape index (κ2) is 8.70. The quantitative estimate of drug-likeness (QED) is 0.782. The zero-order chi connectivity index (χ0) is 17.6. The summed E-state index contributed by atoms with van der Waals surface area (Å²) >= 11 is 0. The van der Waals surface area contributed by atoms with Crippen LogP contribution >= 0.6 is 0 Å². The molecule has 0 saturated carbocycles. The van der Waals surface area contributed by atoms with E-state index >= 15 is 0 Å². The lowest BCUT2D eigenvalue weighted by Gasteiger charge is -2.37. The molecule has 0 amide bonds. The Morgan fingerprint density at radius 2 is 1.84 bits per heavy atom. The third-order valence-electron chi connectivity index (χ3n) is 4.81. The highest BCUT2D eigenvalue weighted by Gasteiger charge is 2.32. The topological polar surface area (TPSA) is 46.2 Å². The van der Waals surface area contributed by atoms with Crippen LogP contribution in [0.15, 0.2) is 36.6 Å². The Morgan fingerprint density at radius 3 is 2.52 bits per heavy atom. The number of methoxy groups -OCH3 is 1. The van der Waals surface area contributed by atoms with Gasteiger partial charge in [-0.3, -0.25) is 0 Å². The van der Waals surface area contributed by atoms with Crippen molar-refractivity contribution in [1.29, 1.82) is 0 Å². The van der Waals surface area contributed by atoms with E-state index in [2.05, 4.69) is 6.92 Å². The van der Waals surface area contributed by atoms with E-state index in [0.717, 1.165) is 30.6 Å². The van der Waals surface area contributed by atoms with Crippen LogP contribution in [0.5, 0.6) is 5.75 Å². The van der Waals surface area contributed by atoms with Crippen molar-refractivity contribution in [1.82, 2.24) is 0 Å². The Kier molecular flexibility index (Phi) is 6.34. The number of ether oxygens (including phenoxy) is 5. The second-order valence-corrected chi connectivity index (χ2v) is 6.67. The van der Waals surface area contributed by atoms with Crippen LogP contribution in [0, 0.1) is 0 Å². The third kappa shape index (κ3) is 4.97. The molecule has 0 aliphatic carbocycles. The van der Waals surface area contributed by atoms with Crippen molar-refractivity contribution < 1.29 is 23.7 Å². The smallest absolute Gasteiger partial charge is 0.158 e. The first-order valence-electron chi connectivity index (χ1n) is 9.01. The first-order valence-corrected chi connectivity index (χ1v) is 9.01. The zero-order valence-corrected chi connectivity index (χ0v) is 15.2. The van der Waals surface area contributed by atoms with Gasteiger partial charge in [0, 0.05) is 6.42 Å². The molecule has 1 saturated heterocycles. The highest BCUT2D eigenvalue weighted by Crippen LogP contribution is 2.27. The predicted molar refractivity (Wildman–Crippen MR) is 94.3 cm³/mol. The molecule has 2 aliphatic heterocycles. The van der Waals surface area contributed by atoms with Crippen LogP contribution in [-0.2, 0) is 25.6 Å². The number of rotatable bonds is 6. The van der Waals surface area contributed by atoms with Crippen LogP contribution in [0.4, 0.5) is 0 Å². The van der Waals surface area contributed by atoms with Gasteiger partial charge in [0.15, 0.2) is 6.29 Å². The summed E-state index contributed by atoms with van der Waals surface area (Å²) in [6.07, 6.45) is 6.41. The molecule has 0 unspecified atom stereocenters. The molecule has 2 heterocycles. The Morgan fingerprint density at radius 1 is 1.04 bits per heavy atom. The summed E-state index contributed by atoms with van der Waals surface area (Å²) < 4.78 is 28.8. The van der Waals surface area contributed by atoms with Crippen LogP contribution in [0.2, 0.25) is 0 Å². The van der Waals surface area contributed by atoms with E-state index in [1.807, 2.05) is 37.3 Å². The van der Waals surface area contributed by atoms with E-state index in [4.69, 9.17) is 23.7 Å². The van der Waals surface area contributed by atoms with Crippen LogP contribution in [0.25, 0.3) is 0 Å². The van der Waals surface area contributed by atoms with Crippen LogP contribution < -0.4 is 4.74 Å². The Labute approximate surface area is 149 Å². The minimum Gasteiger partial charge on any atom is -0.497 e. The van der Waals surface area contributed by atoms with Gasteiger partial charge in [-0.15, -0.1) is 0 Å². The second-order valence-electron chi connectivity index (χ2n) is 6.67. The summed E-state index contributed by atoms with van der Waals surface area (Å²) in [5.74, 6) is 0.855. The standard InChI is InChI=1S/C20H28O5/c1-14-19(5-4-12-22-14)25-20-11-10-18(15(2)24-20)23-13-16-6-8-17(21-3)9-7-16/h4,6-9,12,14-15,18-20H,5,10-11,13H2,1-3H3/t14-,15-,18-,19-,20-/m0/s1. The van der Waals surface area contributed by atoms with Crippen molar-refractivity contribution in [2.75, 3.05) is 7.11 Å². The fourth-order valence-corrected chi connectivity index (χ4v) is 3.18. The number of hydrogen-bond acceptors (Lipinski definition) is 5. The summed E-state index contributed by atoms with van der Waals surface area (Å²) in [6.45, 7) is 4.66. The van der Waals surface area contributed by atoms with Crippen molar-refractivity contribution in [3.05, 3.63) is 42.2 Å². The molecule has 25 heavy (non-hydrogen) atoms. The van der Waals surface area contributed by atoms with Crippen molar-refractivity contribution in [3.63, 3.8) is 0 Å². The lowest BCUT2D eigenvalue weighted by molar-refractivity contribution is -0.252. The van der Waals surface area contributed by atoms with Gasteiger partial charge in [-0.2, -0.15) is 0 Å². The van der Waals surface area contributed by atoms with Crippen LogP contribution in [0.1, 0.15) is 38.7 Å². The van der Waals surface area contributed by atoms with Gasteiger partial charge in [0.2, 0.25) is 0 Å². The highest BCUT2D eigenvalue weighted by molar-refractivity contribution is 5.26. The molecule has 5 nitrogen and oxygen atoms in total. The molecule has 1 aromatic carbocycles. The van der Waals surface area contributed by atoms with Gasteiger partial charge in [0.25, 0.3) is 0 Å². The van der Waals surface area contributed by atoms with Gasteiger partial charge in [0.1, 0.15) is 18.0 Å². The molecule has 3 rings (SSSR count). The minimum absolute atomic E-state index is 0.00681. The van der Waals surface area contributed by atoms with E-state index < -0.39 is 0 Å². The van der Waals surface area contributed by atoms with Gasteiger partial charge in [-0.25, -0.2) is 0 Å². The maximum Gasteiger partial charge on any atom is 0.158 e. The van der Waals surface area contributed by atoms with Crippen molar-refractivity contribution in [2.45, 2.75) is 70.4 Å². The zero-order valence-electron chi connectivity index (χ0n) is 15.2. The van der Waals surface area contributed by atoms with Crippen molar-refractivity contribution in [2.24, 2.45) is 0 Å². The molecule has 5 heteroatoms. The highest BCUT2D eigenvalue weighted by atomic mass is 16.7. The van der Waals surface area contributed by atoms with Crippen molar-refractivity contribution in [3.8, 4) is 5.75 Å². The van der Waals surface area contributed by atoms with Gasteiger partial charge < -0.3 is 23.7 Å². The molecule has 1 aromatic rings. The molecule has 5 atom stereocenters. The lowest BCUT2D eigenvalue weighted by atomic mass is 10.0. The number of hydrogen-bond donors (Lipinski definition) is 0. The predicted octanol–water partition coefficient (Wildman–Crippen LogP) is 3.81. The molecule has 0 N–H and O–H groups in total. The van der Waals surface area contributed by atoms with E-state index in [0.29, 0.717) is 6.61 Å². The van der Waals surface area contributed by atoms with Crippen LogP contribution in [0.3, 0.4) is 0 Å². The van der Waals surface area contributed by atoms with E-state index in [1.54, 1.807) is 13.4 Å². The minimum atomic E-state index is -0.182. The average molecular weight is 348 g/mol. The summed E-state index contributed by atoms with van der Waals surface area (Å²) in [5, 5.41) is 0. The fourth-order valence-electron chi connectivity index (χ4n) is 3.18. The molecule has 0 spiro atoms. The van der Waals surface area contributed by atoms with E-state index in [9.17, 15) is 0 Å². The fraction of sp³-hybridized carbons (Fsp3) is 0.600. The van der Waals surface area contributed by atoms with Gasteiger partial charge in [-0.1, -0.05) is 12.1 Å². The molecule has 138 valence electrons. The van der Waals surface area contributed by atoms with Crippen LogP contribution in [-0.4, -0.2) is 37.8 Å². The summed E-state index contributed by atoms with van der Waals surface area (Å²) in [4.78, 5) is 0. The molecular formula is C20H28O5. The Hall–Kier alpha value is -1.56. The normalized spacial score (nSPS) is 32.2. The van der Waals surface area contributed by atoms with Gasteiger partial charge in [-0.05, 0) is 50.5 Å². The molecule has 0 bridgehead atoms. The largest absolute Gasteiger partial charge is 0.497 e.